The molecule has 0 aliphatic rings. The molecular formula is C13H11FN2O3. The van der Waals surface area contributed by atoms with E-state index >= 15 is 0 Å². The van der Waals surface area contributed by atoms with E-state index in [1.807, 2.05) is 0 Å². The number of methoxy groups -OCH3 is 1. The molecule has 2 aromatic rings. The monoisotopic (exact) mass is 262 g/mol. The number of nitrogens with zero attached hydrogens (tertiary/aromatic N) is 1. The average Bonchev–Trinajstić information content (AvgIpc) is 2.41. The van der Waals surface area contributed by atoms with Crippen LogP contribution in [0, 0.1) is 5.82 Å². The van der Waals surface area contributed by atoms with E-state index in [1.165, 1.54) is 37.6 Å². The Morgan fingerprint density at radius 3 is 2.84 bits per heavy atom. The second-order valence-corrected chi connectivity index (χ2v) is 3.70. The number of rotatable bonds is 3. The first-order valence-electron chi connectivity index (χ1n) is 5.39. The van der Waals surface area contributed by atoms with Crippen molar-refractivity contribution in [1.29, 1.82) is 0 Å². The van der Waals surface area contributed by atoms with Crippen molar-refractivity contribution in [3.63, 3.8) is 0 Å². The Morgan fingerprint density at radius 1 is 1.42 bits per heavy atom. The van der Waals surface area contributed by atoms with Crippen molar-refractivity contribution in [3.05, 3.63) is 48.0 Å². The van der Waals surface area contributed by atoms with Crippen LogP contribution in [0.4, 0.5) is 10.1 Å². The number of amides is 1. The number of phenolic OH excluding ortho intramolecular Hbond substituents is 1. The molecule has 1 aromatic heterocycles. The van der Waals surface area contributed by atoms with Crippen molar-refractivity contribution < 1.29 is 19.0 Å². The van der Waals surface area contributed by atoms with Gasteiger partial charge in [-0.1, -0.05) is 0 Å². The molecule has 1 heterocycles. The first-order valence-corrected chi connectivity index (χ1v) is 5.39. The summed E-state index contributed by atoms with van der Waals surface area (Å²) < 4.78 is 18.2. The number of aromatic hydroxyl groups is 1. The van der Waals surface area contributed by atoms with E-state index in [0.29, 0.717) is 0 Å². The van der Waals surface area contributed by atoms with Gasteiger partial charge in [-0.25, -0.2) is 4.39 Å². The van der Waals surface area contributed by atoms with E-state index in [1.54, 1.807) is 0 Å². The maximum atomic E-state index is 13.3. The number of anilines is 1. The predicted octanol–water partition coefficient (Wildman–Crippen LogP) is 2.19. The Labute approximate surface area is 108 Å². The van der Waals surface area contributed by atoms with Crippen molar-refractivity contribution in [2.45, 2.75) is 0 Å². The molecule has 2 rings (SSSR count). The van der Waals surface area contributed by atoms with Gasteiger partial charge in [0, 0.05) is 11.8 Å². The predicted molar refractivity (Wildman–Crippen MR) is 66.8 cm³/mol. The topological polar surface area (TPSA) is 71.5 Å². The minimum Gasteiger partial charge on any atom is -0.504 e. The molecule has 19 heavy (non-hydrogen) atoms. The summed E-state index contributed by atoms with van der Waals surface area (Å²) in [5.41, 5.74) is 0.213. The average molecular weight is 262 g/mol. The number of carbonyl (C=O) groups excluding carboxylic acids is 1. The maximum absolute atomic E-state index is 13.3. The van der Waals surface area contributed by atoms with Crippen LogP contribution in [0.25, 0.3) is 0 Å². The minimum atomic E-state index is -0.631. The van der Waals surface area contributed by atoms with Gasteiger partial charge in [0.05, 0.1) is 19.0 Å². The summed E-state index contributed by atoms with van der Waals surface area (Å²) in [5.74, 6) is -1.08. The zero-order chi connectivity index (χ0) is 13.8. The van der Waals surface area contributed by atoms with Crippen molar-refractivity contribution in [1.82, 2.24) is 4.98 Å². The molecule has 1 aromatic carbocycles. The Hall–Kier alpha value is -2.63. The van der Waals surface area contributed by atoms with Crippen LogP contribution in [0.3, 0.4) is 0 Å². The molecule has 0 fully saturated rings. The van der Waals surface area contributed by atoms with Crippen LogP contribution in [0.2, 0.25) is 0 Å². The number of hydrogen-bond donors (Lipinski definition) is 2. The molecule has 6 heteroatoms. The SMILES string of the molecule is COc1ccc(C(=O)Nc2ccncc2F)cc1O. The second kappa shape index (κ2) is 5.34. The molecule has 0 aliphatic heterocycles. The third-order valence-corrected chi connectivity index (χ3v) is 2.46. The number of phenols is 1. The fraction of sp³-hybridized carbons (Fsp3) is 0.0769. The van der Waals surface area contributed by atoms with Crippen LogP contribution in [0.5, 0.6) is 11.5 Å². The molecule has 0 aliphatic carbocycles. The fourth-order valence-corrected chi connectivity index (χ4v) is 1.50. The molecule has 0 spiro atoms. The van der Waals surface area contributed by atoms with Gasteiger partial charge in [0.1, 0.15) is 0 Å². The van der Waals surface area contributed by atoms with Gasteiger partial charge in [0.25, 0.3) is 5.91 Å². The van der Waals surface area contributed by atoms with Gasteiger partial charge in [-0.05, 0) is 24.3 Å². The molecule has 98 valence electrons. The first-order chi connectivity index (χ1) is 9.11. The molecule has 0 atom stereocenters. The quantitative estimate of drug-likeness (QED) is 0.889. The van der Waals surface area contributed by atoms with Gasteiger partial charge < -0.3 is 15.2 Å². The summed E-state index contributed by atoms with van der Waals surface area (Å²) in [6.07, 6.45) is 2.37. The number of ether oxygens (including phenoxy) is 1. The standard InChI is InChI=1S/C13H11FN2O3/c1-19-12-3-2-8(6-11(12)17)13(18)16-10-4-5-15-7-9(10)14/h2-7,17H,1H3,(H,15,16,18). The maximum Gasteiger partial charge on any atom is 0.255 e. The molecule has 5 nitrogen and oxygen atoms in total. The second-order valence-electron chi connectivity index (χ2n) is 3.70. The highest BCUT2D eigenvalue weighted by Crippen LogP contribution is 2.26. The molecule has 0 unspecified atom stereocenters. The molecule has 0 bridgehead atoms. The number of aromatic nitrogens is 1. The van der Waals surface area contributed by atoms with E-state index < -0.39 is 11.7 Å². The lowest BCUT2D eigenvalue weighted by molar-refractivity contribution is 0.102. The summed E-state index contributed by atoms with van der Waals surface area (Å²) in [6.45, 7) is 0. The largest absolute Gasteiger partial charge is 0.504 e. The number of hydrogen-bond acceptors (Lipinski definition) is 4. The number of carbonyl (C=O) groups is 1. The number of halogens is 1. The number of benzene rings is 1. The van der Waals surface area contributed by atoms with Gasteiger partial charge in [-0.15, -0.1) is 0 Å². The van der Waals surface area contributed by atoms with E-state index in [0.717, 1.165) is 6.20 Å². The van der Waals surface area contributed by atoms with Gasteiger partial charge in [0.2, 0.25) is 0 Å². The van der Waals surface area contributed by atoms with E-state index in [9.17, 15) is 14.3 Å². The van der Waals surface area contributed by atoms with Crippen LogP contribution >= 0.6 is 0 Å². The Balaban J connectivity index is 2.21. The van der Waals surface area contributed by atoms with Gasteiger partial charge in [-0.2, -0.15) is 0 Å². The normalized spacial score (nSPS) is 10.0. The summed E-state index contributed by atoms with van der Waals surface area (Å²) in [5, 5.41) is 12.0. The minimum absolute atomic E-state index is 0.0234. The Bertz CT molecular complexity index is 617. The van der Waals surface area contributed by atoms with Crippen LogP contribution in [0.1, 0.15) is 10.4 Å². The summed E-state index contributed by atoms with van der Waals surface area (Å²) >= 11 is 0. The smallest absolute Gasteiger partial charge is 0.255 e. The fourth-order valence-electron chi connectivity index (χ4n) is 1.50. The third kappa shape index (κ3) is 2.79. The molecule has 0 saturated carbocycles. The van der Waals surface area contributed by atoms with Crippen molar-refractivity contribution in [2.24, 2.45) is 0 Å². The van der Waals surface area contributed by atoms with Crippen LogP contribution in [-0.2, 0) is 0 Å². The lowest BCUT2D eigenvalue weighted by Gasteiger charge is -2.08. The van der Waals surface area contributed by atoms with Gasteiger partial charge in [-0.3, -0.25) is 9.78 Å². The zero-order valence-corrected chi connectivity index (χ0v) is 10.1. The van der Waals surface area contributed by atoms with Gasteiger partial charge in [0.15, 0.2) is 17.3 Å². The van der Waals surface area contributed by atoms with Crippen LogP contribution in [-0.4, -0.2) is 23.1 Å². The third-order valence-electron chi connectivity index (χ3n) is 2.46. The lowest BCUT2D eigenvalue weighted by Crippen LogP contribution is -2.13. The summed E-state index contributed by atoms with van der Waals surface area (Å²) in [6, 6.07) is 5.50. The number of pyridine rings is 1. The lowest BCUT2D eigenvalue weighted by atomic mass is 10.2. The van der Waals surface area contributed by atoms with Crippen molar-refractivity contribution in [3.8, 4) is 11.5 Å². The van der Waals surface area contributed by atoms with E-state index in [4.69, 9.17) is 4.74 Å². The molecule has 2 N–H and O–H groups in total. The van der Waals surface area contributed by atoms with Crippen LogP contribution in [0.15, 0.2) is 36.7 Å². The Kier molecular flexibility index (Phi) is 3.61. The van der Waals surface area contributed by atoms with Gasteiger partial charge >= 0.3 is 0 Å². The van der Waals surface area contributed by atoms with Crippen molar-refractivity contribution in [2.75, 3.05) is 12.4 Å². The van der Waals surface area contributed by atoms with Crippen molar-refractivity contribution >= 4 is 11.6 Å². The molecule has 0 radical (unpaired) electrons. The number of nitrogens with one attached hydrogen (secondary N) is 1. The molecular weight excluding hydrogens is 251 g/mol. The summed E-state index contributed by atoms with van der Waals surface area (Å²) in [7, 11) is 1.40. The molecule has 1 amide bonds. The molecule has 0 saturated heterocycles. The Morgan fingerprint density at radius 2 is 2.21 bits per heavy atom. The van der Waals surface area contributed by atoms with Crippen LogP contribution < -0.4 is 10.1 Å². The van der Waals surface area contributed by atoms with E-state index in [2.05, 4.69) is 10.3 Å². The zero-order valence-electron chi connectivity index (χ0n) is 10.1. The summed E-state index contributed by atoms with van der Waals surface area (Å²) in [4.78, 5) is 15.4. The first kappa shape index (κ1) is 12.8. The van der Waals surface area contributed by atoms with E-state index in [-0.39, 0.29) is 22.7 Å². The highest BCUT2D eigenvalue weighted by molar-refractivity contribution is 6.04. The highest BCUT2D eigenvalue weighted by atomic mass is 19.1. The highest BCUT2D eigenvalue weighted by Gasteiger charge is 2.11.